The predicted octanol–water partition coefficient (Wildman–Crippen LogP) is 4.50. The van der Waals surface area contributed by atoms with E-state index < -0.39 is 23.3 Å². The number of ether oxygens (including phenoxy) is 3. The zero-order chi connectivity index (χ0) is 31.3. The highest BCUT2D eigenvalue weighted by atomic mass is 19.4. The second-order valence-electron chi connectivity index (χ2n) is 10.3. The lowest BCUT2D eigenvalue weighted by Gasteiger charge is -2.14. The number of carbonyl (C=O) groups excluding carboxylic acids is 1. The summed E-state index contributed by atoms with van der Waals surface area (Å²) in [6.07, 6.45) is 0.313. The Kier molecular flexibility index (Phi) is 9.25. The number of hydrogen-bond donors (Lipinski definition) is 1. The van der Waals surface area contributed by atoms with Gasteiger partial charge in [-0.1, -0.05) is 17.3 Å². The first-order valence-corrected chi connectivity index (χ1v) is 13.7. The number of hydrogen-bond acceptors (Lipinski definition) is 9. The number of aromatic nitrogens is 5. The summed E-state index contributed by atoms with van der Waals surface area (Å²) in [5, 5.41) is 10.3. The maximum Gasteiger partial charge on any atom is 0.401 e. The van der Waals surface area contributed by atoms with Gasteiger partial charge in [0.15, 0.2) is 11.6 Å². The molecule has 1 saturated carbocycles. The van der Waals surface area contributed by atoms with Crippen molar-refractivity contribution in [2.45, 2.75) is 43.8 Å². The van der Waals surface area contributed by atoms with Crippen molar-refractivity contribution in [2.24, 2.45) is 0 Å². The number of nitrogens with one attached hydrogen (secondary N) is 1. The molecule has 1 aromatic carbocycles. The molecule has 0 unspecified atom stereocenters. The molecule has 1 N–H and O–H groups in total. The van der Waals surface area contributed by atoms with Crippen LogP contribution in [0.2, 0.25) is 0 Å². The van der Waals surface area contributed by atoms with Crippen molar-refractivity contribution in [3.05, 3.63) is 71.4 Å². The fourth-order valence-electron chi connectivity index (χ4n) is 4.60. The number of carbonyl (C=O) groups is 1. The summed E-state index contributed by atoms with van der Waals surface area (Å²) in [6, 6.07) is 5.40. The van der Waals surface area contributed by atoms with E-state index in [-0.39, 0.29) is 36.4 Å². The van der Waals surface area contributed by atoms with Gasteiger partial charge in [-0.2, -0.15) is 13.2 Å². The molecule has 234 valence electrons. The van der Waals surface area contributed by atoms with Crippen LogP contribution in [0.25, 0.3) is 11.1 Å². The number of anilines is 1. The van der Waals surface area contributed by atoms with Crippen LogP contribution in [0, 0.1) is 5.82 Å². The van der Waals surface area contributed by atoms with Crippen LogP contribution in [0.5, 0.6) is 5.88 Å². The lowest BCUT2D eigenvalue weighted by Crippen LogP contribution is -2.28. The first kappa shape index (κ1) is 31.1. The second-order valence-corrected chi connectivity index (χ2v) is 10.3. The molecule has 1 amide bonds. The fourth-order valence-corrected chi connectivity index (χ4v) is 4.60. The lowest BCUT2D eigenvalue weighted by molar-refractivity contribution is -0.165. The Morgan fingerprint density at radius 2 is 1.84 bits per heavy atom. The fraction of sp³-hybridized carbons (Fsp3) is 0.414. The Labute approximate surface area is 249 Å². The van der Waals surface area contributed by atoms with E-state index in [4.69, 9.17) is 18.7 Å². The molecule has 0 aliphatic heterocycles. The van der Waals surface area contributed by atoms with Crippen LogP contribution in [-0.2, 0) is 39.1 Å². The molecule has 0 saturated heterocycles. The van der Waals surface area contributed by atoms with Gasteiger partial charge in [0.25, 0.3) is 0 Å². The quantitative estimate of drug-likeness (QED) is 0.161. The van der Waals surface area contributed by atoms with Crippen LogP contribution in [-0.4, -0.2) is 71.0 Å². The maximum absolute atomic E-state index is 14.9. The Morgan fingerprint density at radius 3 is 2.50 bits per heavy atom. The number of rotatable bonds is 14. The zero-order valence-electron chi connectivity index (χ0n) is 24.0. The number of alkyl halides is 3. The van der Waals surface area contributed by atoms with Gasteiger partial charge in [-0.05, 0) is 30.0 Å². The summed E-state index contributed by atoms with van der Waals surface area (Å²) >= 11 is 0. The van der Waals surface area contributed by atoms with E-state index in [1.165, 1.54) is 19.2 Å². The minimum absolute atomic E-state index is 0.0923. The monoisotopic (exact) mass is 618 g/mol. The van der Waals surface area contributed by atoms with Crippen molar-refractivity contribution in [1.29, 1.82) is 0 Å². The number of nitrogens with zero attached hydrogens (tertiary/aromatic N) is 5. The molecule has 3 heterocycles. The van der Waals surface area contributed by atoms with E-state index in [2.05, 4.69) is 25.5 Å². The molecule has 4 aromatic rings. The topological polar surface area (TPSA) is 126 Å². The third-order valence-corrected chi connectivity index (χ3v) is 7.22. The molecule has 0 spiro atoms. The Morgan fingerprint density at radius 1 is 1.07 bits per heavy atom. The first-order chi connectivity index (χ1) is 21.1. The summed E-state index contributed by atoms with van der Waals surface area (Å²) < 4.78 is 77.2. The van der Waals surface area contributed by atoms with E-state index in [0.717, 1.165) is 11.6 Å². The average molecular weight is 619 g/mol. The summed E-state index contributed by atoms with van der Waals surface area (Å²) in [7, 11) is 3.14. The number of halogens is 4. The Balaban J connectivity index is 1.17. The minimum atomic E-state index is -4.47. The molecular formula is C29H30F4N6O5. The van der Waals surface area contributed by atoms with Crippen LogP contribution >= 0.6 is 0 Å². The smallest absolute Gasteiger partial charge is 0.401 e. The summed E-state index contributed by atoms with van der Waals surface area (Å²) in [6.45, 7) is 2.01. The van der Waals surface area contributed by atoms with Crippen molar-refractivity contribution in [2.75, 3.05) is 39.4 Å². The number of benzene rings is 1. The van der Waals surface area contributed by atoms with Crippen molar-refractivity contribution >= 4 is 11.7 Å². The second kappa shape index (κ2) is 13.1. The van der Waals surface area contributed by atoms with E-state index in [0.29, 0.717) is 55.6 Å². The van der Waals surface area contributed by atoms with Crippen molar-refractivity contribution in [3.63, 3.8) is 0 Å². The van der Waals surface area contributed by atoms with Crippen LogP contribution in [0.15, 0.2) is 47.4 Å². The Bertz CT molecular complexity index is 1580. The van der Waals surface area contributed by atoms with Gasteiger partial charge in [0.05, 0.1) is 39.9 Å². The molecule has 1 aliphatic carbocycles. The highest BCUT2D eigenvalue weighted by Gasteiger charge is 2.66. The zero-order valence-corrected chi connectivity index (χ0v) is 24.0. The van der Waals surface area contributed by atoms with Gasteiger partial charge in [0, 0.05) is 49.3 Å². The molecule has 44 heavy (non-hydrogen) atoms. The molecule has 5 rings (SSSR count). The number of amides is 1. The van der Waals surface area contributed by atoms with Gasteiger partial charge in [0.1, 0.15) is 17.1 Å². The van der Waals surface area contributed by atoms with Gasteiger partial charge in [0.2, 0.25) is 11.8 Å². The third kappa shape index (κ3) is 7.05. The molecule has 11 nitrogen and oxygen atoms in total. The predicted molar refractivity (Wildman–Crippen MR) is 148 cm³/mol. The average Bonchev–Trinajstić information content (AvgIpc) is 3.55. The normalized spacial score (nSPS) is 14.0. The van der Waals surface area contributed by atoms with Gasteiger partial charge in [-0.15, -0.1) is 5.10 Å². The lowest BCUT2D eigenvalue weighted by atomic mass is 10.0. The van der Waals surface area contributed by atoms with E-state index in [1.807, 2.05) is 6.20 Å². The molecule has 0 radical (unpaired) electrons. The van der Waals surface area contributed by atoms with Gasteiger partial charge in [-0.25, -0.2) is 14.4 Å². The SMILES string of the molecule is COCCOCCn1cc(Cc2ncc(-c3ccc(CC(=O)Nc4cc(C5(C(F)(F)F)CC5)on4)c(F)c3)cn2)c(OC)n1. The van der Waals surface area contributed by atoms with Gasteiger partial charge >= 0.3 is 6.18 Å². The van der Waals surface area contributed by atoms with Crippen molar-refractivity contribution in [1.82, 2.24) is 24.9 Å². The molecule has 1 fully saturated rings. The molecule has 1 aliphatic rings. The summed E-state index contributed by atoms with van der Waals surface area (Å²) in [4.78, 5) is 21.3. The van der Waals surface area contributed by atoms with Crippen molar-refractivity contribution in [3.8, 4) is 17.0 Å². The molecule has 0 atom stereocenters. The van der Waals surface area contributed by atoms with Gasteiger partial charge < -0.3 is 24.1 Å². The maximum atomic E-state index is 14.9. The summed E-state index contributed by atoms with van der Waals surface area (Å²) in [5.41, 5.74) is -0.105. The van der Waals surface area contributed by atoms with Crippen LogP contribution in [0.3, 0.4) is 0 Å². The van der Waals surface area contributed by atoms with Crippen LogP contribution in [0.1, 0.15) is 35.6 Å². The van der Waals surface area contributed by atoms with Crippen LogP contribution < -0.4 is 10.1 Å². The van der Waals surface area contributed by atoms with Crippen molar-refractivity contribution < 1.29 is 41.1 Å². The molecular weight excluding hydrogens is 588 g/mol. The van der Waals surface area contributed by atoms with E-state index >= 15 is 0 Å². The highest BCUT2D eigenvalue weighted by Crippen LogP contribution is 2.59. The third-order valence-electron chi connectivity index (χ3n) is 7.22. The summed E-state index contributed by atoms with van der Waals surface area (Å²) in [5.74, 6) is -0.841. The largest absolute Gasteiger partial charge is 0.480 e. The highest BCUT2D eigenvalue weighted by molar-refractivity contribution is 5.91. The molecule has 3 aromatic heterocycles. The van der Waals surface area contributed by atoms with Gasteiger partial charge in [-0.3, -0.25) is 9.48 Å². The molecule has 15 heteroatoms. The first-order valence-electron chi connectivity index (χ1n) is 13.7. The molecule has 0 bridgehead atoms. The minimum Gasteiger partial charge on any atom is -0.480 e. The standard InChI is InChI=1S/C29H30F4N6O5/c1-41-9-10-43-8-7-39-17-20(27(37-39)42-2)12-24-34-15-21(16-35-24)18-3-4-19(22(30)11-18)13-26(40)36-25-14-23(44-38-25)28(5-6-28)29(31,32)33/h3-4,11,14-17H,5-10,12-13H2,1-2H3,(H,36,38,40). The van der Waals surface area contributed by atoms with E-state index in [1.54, 1.807) is 30.3 Å². The van der Waals surface area contributed by atoms with Crippen LogP contribution in [0.4, 0.5) is 23.4 Å². The Hall–Kier alpha value is -4.37. The number of methoxy groups -OCH3 is 2. The van der Waals surface area contributed by atoms with E-state index in [9.17, 15) is 22.4 Å².